The summed E-state index contributed by atoms with van der Waals surface area (Å²) in [4.78, 5) is 1.29. The molecule has 0 spiro atoms. The van der Waals surface area contributed by atoms with Crippen molar-refractivity contribution in [1.29, 1.82) is 0 Å². The van der Waals surface area contributed by atoms with Crippen LogP contribution in [0.4, 0.5) is 0 Å². The van der Waals surface area contributed by atoms with E-state index < -0.39 is 16.5 Å². The molecule has 0 aromatic heterocycles. The number of phenolic OH excluding ortho intramolecular Hbond substituents is 1. The maximum Gasteiger partial charge on any atom is 0.218 e. The minimum absolute atomic E-state index is 0.196. The zero-order chi connectivity index (χ0) is 24.4. The first-order chi connectivity index (χ1) is 16.3. The molecule has 0 saturated heterocycles. The van der Waals surface area contributed by atoms with E-state index in [1.807, 2.05) is 18.2 Å². The molecule has 0 heterocycles. The van der Waals surface area contributed by atoms with E-state index in [1.54, 1.807) is 72.8 Å². The maximum absolute atomic E-state index is 10.8. The molecule has 1 unspecified atom stereocenters. The Morgan fingerprint density at radius 2 is 1.21 bits per heavy atom. The summed E-state index contributed by atoms with van der Waals surface area (Å²) in [6.07, 6.45) is 1.33. The van der Waals surface area contributed by atoms with Crippen molar-refractivity contribution in [3.05, 3.63) is 132 Å². The van der Waals surface area contributed by atoms with E-state index in [4.69, 9.17) is 0 Å². The summed E-state index contributed by atoms with van der Waals surface area (Å²) in [5.74, 6) is 1.39. The minimum Gasteiger partial charge on any atom is -0.725 e. The highest BCUT2D eigenvalue weighted by atomic mass is 32.3. The molecular formula is C27H26O5S2. The highest BCUT2D eigenvalue weighted by molar-refractivity contribution is 7.95. The molecule has 0 aliphatic rings. The average Bonchev–Trinajstić information content (AvgIpc) is 2.84. The smallest absolute Gasteiger partial charge is 0.218 e. The Morgan fingerprint density at radius 1 is 0.765 bits per heavy atom. The molecule has 0 aliphatic carbocycles. The summed E-state index contributed by atoms with van der Waals surface area (Å²) in [7, 11) is -4.57. The highest BCUT2D eigenvalue weighted by Gasteiger charge is 2.17. The van der Waals surface area contributed by atoms with Gasteiger partial charge in [0.05, 0.1) is 0 Å². The fraction of sp³-hybridized carbons (Fsp3) is 0.111. The van der Waals surface area contributed by atoms with Gasteiger partial charge in [-0.1, -0.05) is 91.0 Å². The lowest BCUT2D eigenvalue weighted by Gasteiger charge is -2.20. The predicted octanol–water partition coefficient (Wildman–Crippen LogP) is 5.45. The normalized spacial score (nSPS) is 12.0. The van der Waals surface area contributed by atoms with Crippen LogP contribution >= 0.6 is 0 Å². The van der Waals surface area contributed by atoms with Gasteiger partial charge in [-0.05, 0) is 35.4 Å². The third-order valence-corrected chi connectivity index (χ3v) is 7.16. The minimum atomic E-state index is -4.77. The Bertz CT molecular complexity index is 1190. The van der Waals surface area contributed by atoms with Gasteiger partial charge >= 0.3 is 0 Å². The third kappa shape index (κ3) is 8.35. The van der Waals surface area contributed by atoms with Crippen LogP contribution in [-0.4, -0.2) is 24.3 Å². The molecule has 4 rings (SSSR count). The summed E-state index contributed by atoms with van der Waals surface area (Å²) in [6, 6.07) is 35.5. The Balaban J connectivity index is 0.000000192. The molecule has 4 aromatic carbocycles. The first-order valence-electron chi connectivity index (χ1n) is 10.5. The molecule has 7 heteroatoms. The van der Waals surface area contributed by atoms with E-state index >= 15 is 0 Å². The molecule has 1 N–H and O–H groups in total. The van der Waals surface area contributed by atoms with Gasteiger partial charge < -0.3 is 9.66 Å². The van der Waals surface area contributed by atoms with E-state index in [0.29, 0.717) is 16.9 Å². The zero-order valence-electron chi connectivity index (χ0n) is 18.7. The van der Waals surface area contributed by atoms with Crippen molar-refractivity contribution < 1.29 is 22.3 Å². The molecule has 0 amide bonds. The molecule has 5 nitrogen and oxygen atoms in total. The second kappa shape index (κ2) is 12.4. The summed E-state index contributed by atoms with van der Waals surface area (Å²) < 4.78 is 37.1. The van der Waals surface area contributed by atoms with Gasteiger partial charge in [0.2, 0.25) is 10.4 Å². The molecule has 4 aromatic rings. The molecule has 1 atom stereocenters. The maximum atomic E-state index is 10.8. The quantitative estimate of drug-likeness (QED) is 0.210. The molecule has 0 fully saturated rings. The average molecular weight is 495 g/mol. The van der Waals surface area contributed by atoms with Gasteiger partial charge in [0.15, 0.2) is 4.90 Å². The number of hydrogen-bond acceptors (Lipinski definition) is 5. The van der Waals surface area contributed by atoms with Crippen molar-refractivity contribution in [2.24, 2.45) is 0 Å². The van der Waals surface area contributed by atoms with Crippen molar-refractivity contribution >= 4 is 21.3 Å². The van der Waals surface area contributed by atoms with Crippen molar-refractivity contribution in [2.75, 3.05) is 6.26 Å². The van der Waals surface area contributed by atoms with E-state index in [9.17, 15) is 18.1 Å². The van der Waals surface area contributed by atoms with E-state index in [0.717, 1.165) is 5.75 Å². The molecular weight excluding hydrogens is 468 g/mol. The standard InChI is InChI=1S/C14H14OS.C13H12O4S/c1-16(11-12-5-3-2-4-6-12)14-9-7-13(15)8-10-14;14-18(15,16)17-13(11-7-3-1-4-8-11)12-9-5-2-6-10-12/h2-10H,11H2,1H3;1-10,13H,(H,14,15,16). The lowest BCUT2D eigenvalue weighted by atomic mass is 10.0. The number of hydrogen-bond donors (Lipinski definition) is 1. The topological polar surface area (TPSA) is 86.7 Å². The van der Waals surface area contributed by atoms with Gasteiger partial charge in [0.25, 0.3) is 0 Å². The van der Waals surface area contributed by atoms with Crippen molar-refractivity contribution in [1.82, 2.24) is 0 Å². The SMILES string of the molecule is C[S+](Cc1ccccc1)c1ccc(O)cc1.O=S(=O)([O-])OC(c1ccccc1)c1ccccc1. The van der Waals surface area contributed by atoms with Gasteiger partial charge in [-0.3, -0.25) is 4.18 Å². The van der Waals surface area contributed by atoms with Gasteiger partial charge in [-0.25, -0.2) is 8.42 Å². The van der Waals surface area contributed by atoms with Crippen LogP contribution in [-0.2, 0) is 31.2 Å². The molecule has 0 bridgehead atoms. The molecule has 0 aliphatic heterocycles. The largest absolute Gasteiger partial charge is 0.725 e. The second-order valence-corrected chi connectivity index (χ2v) is 10.5. The van der Waals surface area contributed by atoms with E-state index in [-0.39, 0.29) is 10.9 Å². The summed E-state index contributed by atoms with van der Waals surface area (Å²) in [6.45, 7) is 0. The van der Waals surface area contributed by atoms with Crippen LogP contribution in [0.5, 0.6) is 5.75 Å². The van der Waals surface area contributed by atoms with Gasteiger partial charge in [0.1, 0.15) is 23.9 Å². The van der Waals surface area contributed by atoms with Crippen LogP contribution in [0.3, 0.4) is 0 Å². The predicted molar refractivity (Wildman–Crippen MR) is 135 cm³/mol. The van der Waals surface area contributed by atoms with Crippen LogP contribution in [0.25, 0.3) is 0 Å². The lowest BCUT2D eigenvalue weighted by molar-refractivity contribution is 0.212. The van der Waals surface area contributed by atoms with E-state index in [2.05, 4.69) is 34.7 Å². The van der Waals surface area contributed by atoms with Gasteiger partial charge in [0, 0.05) is 16.5 Å². The Kier molecular flexibility index (Phi) is 9.30. The fourth-order valence-electron chi connectivity index (χ4n) is 3.26. The van der Waals surface area contributed by atoms with Crippen LogP contribution in [0.1, 0.15) is 22.8 Å². The Hall–Kier alpha value is -3.10. The number of aromatic hydroxyl groups is 1. The number of rotatable bonds is 7. The van der Waals surface area contributed by atoms with Gasteiger partial charge in [-0.2, -0.15) is 0 Å². The van der Waals surface area contributed by atoms with E-state index in [1.165, 1.54) is 10.5 Å². The van der Waals surface area contributed by atoms with Crippen molar-refractivity contribution in [2.45, 2.75) is 16.8 Å². The van der Waals surface area contributed by atoms with Crippen LogP contribution < -0.4 is 0 Å². The third-order valence-electron chi connectivity index (χ3n) is 4.88. The first kappa shape index (κ1) is 25.5. The number of benzene rings is 4. The van der Waals surface area contributed by atoms with Crippen LogP contribution in [0, 0.1) is 0 Å². The lowest BCUT2D eigenvalue weighted by Crippen LogP contribution is -2.12. The van der Waals surface area contributed by atoms with Gasteiger partial charge in [-0.15, -0.1) is 0 Å². The Morgan fingerprint density at radius 3 is 1.65 bits per heavy atom. The Labute approximate surface area is 204 Å². The highest BCUT2D eigenvalue weighted by Crippen LogP contribution is 2.27. The van der Waals surface area contributed by atoms with Crippen molar-refractivity contribution in [3.8, 4) is 5.75 Å². The zero-order valence-corrected chi connectivity index (χ0v) is 20.3. The van der Waals surface area contributed by atoms with Crippen molar-refractivity contribution in [3.63, 3.8) is 0 Å². The van der Waals surface area contributed by atoms with Crippen LogP contribution in [0.2, 0.25) is 0 Å². The molecule has 0 saturated carbocycles. The summed E-state index contributed by atoms with van der Waals surface area (Å²) >= 11 is 0. The second-order valence-electron chi connectivity index (χ2n) is 7.47. The fourth-order valence-corrected chi connectivity index (χ4v) is 5.18. The summed E-state index contributed by atoms with van der Waals surface area (Å²) in [5.41, 5.74) is 2.59. The molecule has 0 radical (unpaired) electrons. The van der Waals surface area contributed by atoms with Crippen LogP contribution in [0.15, 0.2) is 120 Å². The monoisotopic (exact) mass is 494 g/mol. The molecule has 34 heavy (non-hydrogen) atoms. The number of phenols is 1. The summed E-state index contributed by atoms with van der Waals surface area (Å²) in [5, 5.41) is 9.23. The molecule has 176 valence electrons. The first-order valence-corrected chi connectivity index (χ1v) is 13.6.